The number of carbonyl (C=O) groups excluding carboxylic acids is 1. The van der Waals surface area contributed by atoms with E-state index in [1.165, 1.54) is 17.4 Å². The molecule has 0 fully saturated rings. The number of thiophene rings is 1. The number of amides is 1. The van der Waals surface area contributed by atoms with E-state index < -0.39 is 0 Å². The molecule has 1 amide bonds. The van der Waals surface area contributed by atoms with Crippen molar-refractivity contribution in [2.75, 3.05) is 11.1 Å². The molecule has 1 heterocycles. The lowest BCUT2D eigenvalue weighted by molar-refractivity contribution is 0.102. The Morgan fingerprint density at radius 1 is 1.44 bits per heavy atom. The normalized spacial score (nSPS) is 9.78. The van der Waals surface area contributed by atoms with Crippen LogP contribution in [-0.4, -0.2) is 5.91 Å². The molecule has 0 atom stereocenters. The highest BCUT2D eigenvalue weighted by molar-refractivity contribution is 7.08. The van der Waals surface area contributed by atoms with E-state index in [4.69, 9.17) is 11.0 Å². The van der Waals surface area contributed by atoms with Crippen LogP contribution in [0.5, 0.6) is 0 Å². The fraction of sp³-hybridized carbons (Fsp3) is 0.0769. The van der Waals surface area contributed by atoms with E-state index in [0.717, 1.165) is 5.56 Å². The molecule has 90 valence electrons. The molecule has 4 nitrogen and oxygen atoms in total. The zero-order valence-corrected chi connectivity index (χ0v) is 10.5. The predicted octanol–water partition coefficient (Wildman–Crippen LogP) is 2.76. The molecule has 5 heteroatoms. The number of carbonyl (C=O) groups is 1. The Bertz CT molecular complexity index is 640. The molecule has 0 saturated carbocycles. The number of nitriles is 1. The summed E-state index contributed by atoms with van der Waals surface area (Å²) in [4.78, 5) is 12.0. The maximum Gasteiger partial charge on any atom is 0.256 e. The Labute approximate surface area is 109 Å². The summed E-state index contributed by atoms with van der Waals surface area (Å²) in [6.45, 7) is 1.88. The third-order valence-corrected chi connectivity index (χ3v) is 3.39. The van der Waals surface area contributed by atoms with Crippen molar-refractivity contribution in [1.82, 2.24) is 0 Å². The molecule has 18 heavy (non-hydrogen) atoms. The van der Waals surface area contributed by atoms with Gasteiger partial charge in [0.05, 0.1) is 28.6 Å². The molecule has 2 aromatic rings. The van der Waals surface area contributed by atoms with Gasteiger partial charge in [-0.3, -0.25) is 4.79 Å². The van der Waals surface area contributed by atoms with Gasteiger partial charge in [0.25, 0.3) is 5.91 Å². The van der Waals surface area contributed by atoms with Crippen LogP contribution in [0, 0.1) is 18.3 Å². The number of hydrogen-bond acceptors (Lipinski definition) is 4. The summed E-state index contributed by atoms with van der Waals surface area (Å²) in [5, 5.41) is 15.2. The molecular formula is C13H11N3OS. The van der Waals surface area contributed by atoms with Crippen molar-refractivity contribution in [3.05, 3.63) is 45.6 Å². The van der Waals surface area contributed by atoms with Gasteiger partial charge in [-0.25, -0.2) is 0 Å². The van der Waals surface area contributed by atoms with E-state index in [9.17, 15) is 4.79 Å². The highest BCUT2D eigenvalue weighted by Crippen LogP contribution is 2.22. The fourth-order valence-corrected chi connectivity index (χ4v) is 2.36. The number of rotatable bonds is 2. The number of nitrogen functional groups attached to an aromatic ring is 1. The van der Waals surface area contributed by atoms with E-state index in [1.54, 1.807) is 17.5 Å². The molecule has 0 bridgehead atoms. The summed E-state index contributed by atoms with van der Waals surface area (Å²) in [5.74, 6) is -0.190. The second kappa shape index (κ2) is 4.90. The summed E-state index contributed by atoms with van der Waals surface area (Å²) in [7, 11) is 0. The Morgan fingerprint density at radius 2 is 2.22 bits per heavy atom. The maximum atomic E-state index is 12.0. The Morgan fingerprint density at radius 3 is 2.78 bits per heavy atom. The van der Waals surface area contributed by atoms with Gasteiger partial charge >= 0.3 is 0 Å². The quantitative estimate of drug-likeness (QED) is 0.812. The monoisotopic (exact) mass is 257 g/mol. The summed E-state index contributed by atoms with van der Waals surface area (Å²) < 4.78 is 0. The number of benzene rings is 1. The average Bonchev–Trinajstić information content (AvgIpc) is 2.78. The lowest BCUT2D eigenvalue weighted by Crippen LogP contribution is -2.13. The Balaban J connectivity index is 2.23. The summed E-state index contributed by atoms with van der Waals surface area (Å²) in [6, 6.07) is 6.78. The second-order valence-corrected chi connectivity index (χ2v) is 4.58. The van der Waals surface area contributed by atoms with Crippen LogP contribution in [0.3, 0.4) is 0 Å². The number of aryl methyl sites for hydroxylation is 1. The van der Waals surface area contributed by atoms with Crippen LogP contribution in [0.2, 0.25) is 0 Å². The lowest BCUT2D eigenvalue weighted by atomic mass is 10.1. The van der Waals surface area contributed by atoms with Gasteiger partial charge in [-0.1, -0.05) is 0 Å². The van der Waals surface area contributed by atoms with Crippen molar-refractivity contribution in [2.45, 2.75) is 6.92 Å². The number of anilines is 2. The minimum Gasteiger partial charge on any atom is -0.397 e. The molecule has 0 aliphatic heterocycles. The molecule has 2 rings (SSSR count). The molecule has 0 spiro atoms. The van der Waals surface area contributed by atoms with E-state index >= 15 is 0 Å². The first-order valence-corrected chi connectivity index (χ1v) is 6.20. The minimum absolute atomic E-state index is 0.190. The third-order valence-electron chi connectivity index (χ3n) is 2.53. The van der Waals surface area contributed by atoms with Gasteiger partial charge in [0.2, 0.25) is 0 Å². The average molecular weight is 257 g/mol. The van der Waals surface area contributed by atoms with E-state index in [2.05, 4.69) is 5.32 Å². The van der Waals surface area contributed by atoms with Crippen molar-refractivity contribution >= 4 is 28.6 Å². The number of nitrogens with zero attached hydrogens (tertiary/aromatic N) is 1. The van der Waals surface area contributed by atoms with E-state index in [-0.39, 0.29) is 5.91 Å². The molecule has 0 saturated heterocycles. The Hall–Kier alpha value is -2.32. The summed E-state index contributed by atoms with van der Waals surface area (Å²) in [6.07, 6.45) is 0. The van der Waals surface area contributed by atoms with E-state index in [0.29, 0.717) is 22.5 Å². The largest absolute Gasteiger partial charge is 0.397 e. The van der Waals surface area contributed by atoms with Crippen molar-refractivity contribution in [1.29, 1.82) is 5.26 Å². The molecular weight excluding hydrogens is 246 g/mol. The fourth-order valence-electron chi connectivity index (χ4n) is 1.53. The van der Waals surface area contributed by atoms with Gasteiger partial charge in [0.1, 0.15) is 0 Å². The second-order valence-electron chi connectivity index (χ2n) is 3.84. The molecule has 1 aromatic heterocycles. The van der Waals surface area contributed by atoms with Crippen molar-refractivity contribution in [3.8, 4) is 6.07 Å². The Kier molecular flexibility index (Phi) is 3.31. The van der Waals surface area contributed by atoms with Crippen LogP contribution in [0.4, 0.5) is 11.4 Å². The first-order valence-electron chi connectivity index (χ1n) is 5.25. The topological polar surface area (TPSA) is 78.9 Å². The number of hydrogen-bond donors (Lipinski definition) is 2. The lowest BCUT2D eigenvalue weighted by Gasteiger charge is -2.08. The van der Waals surface area contributed by atoms with Gasteiger partial charge in [-0.05, 0) is 36.1 Å². The molecule has 0 unspecified atom stereocenters. The van der Waals surface area contributed by atoms with E-state index in [1.807, 2.05) is 18.4 Å². The van der Waals surface area contributed by atoms with Crippen LogP contribution in [0.25, 0.3) is 0 Å². The SMILES string of the molecule is Cc1cscc1C(=O)Nc1ccc(C#N)cc1N. The van der Waals surface area contributed by atoms with Crippen molar-refractivity contribution < 1.29 is 4.79 Å². The standard InChI is InChI=1S/C13H11N3OS/c1-8-6-18-7-10(8)13(17)16-12-3-2-9(5-14)4-11(12)15/h2-4,6-7H,15H2,1H3,(H,16,17). The minimum atomic E-state index is -0.190. The highest BCUT2D eigenvalue weighted by atomic mass is 32.1. The summed E-state index contributed by atoms with van der Waals surface area (Å²) >= 11 is 1.48. The van der Waals surface area contributed by atoms with Crippen LogP contribution >= 0.6 is 11.3 Å². The van der Waals surface area contributed by atoms with Crippen LogP contribution in [-0.2, 0) is 0 Å². The molecule has 1 aromatic carbocycles. The van der Waals surface area contributed by atoms with Gasteiger partial charge in [0.15, 0.2) is 0 Å². The van der Waals surface area contributed by atoms with Crippen molar-refractivity contribution in [2.24, 2.45) is 0 Å². The number of nitrogens with two attached hydrogens (primary N) is 1. The van der Waals surface area contributed by atoms with Gasteiger partial charge in [0, 0.05) is 5.38 Å². The van der Waals surface area contributed by atoms with Crippen LogP contribution in [0.15, 0.2) is 29.0 Å². The van der Waals surface area contributed by atoms with Gasteiger partial charge in [-0.15, -0.1) is 0 Å². The van der Waals surface area contributed by atoms with Crippen LogP contribution < -0.4 is 11.1 Å². The molecule has 3 N–H and O–H groups in total. The molecule has 0 radical (unpaired) electrons. The zero-order valence-electron chi connectivity index (χ0n) is 9.73. The first kappa shape index (κ1) is 12.1. The third kappa shape index (κ3) is 2.34. The van der Waals surface area contributed by atoms with Crippen LogP contribution in [0.1, 0.15) is 21.5 Å². The zero-order chi connectivity index (χ0) is 13.1. The van der Waals surface area contributed by atoms with Crippen molar-refractivity contribution in [3.63, 3.8) is 0 Å². The smallest absolute Gasteiger partial charge is 0.256 e. The predicted molar refractivity (Wildman–Crippen MR) is 72.6 cm³/mol. The molecule has 0 aliphatic rings. The summed E-state index contributed by atoms with van der Waals surface area (Å²) in [5.41, 5.74) is 8.72. The number of nitrogens with one attached hydrogen (secondary N) is 1. The van der Waals surface area contributed by atoms with Gasteiger partial charge < -0.3 is 11.1 Å². The maximum absolute atomic E-state index is 12.0. The molecule has 0 aliphatic carbocycles. The first-order chi connectivity index (χ1) is 8.61. The highest BCUT2D eigenvalue weighted by Gasteiger charge is 2.11. The van der Waals surface area contributed by atoms with Gasteiger partial charge in [-0.2, -0.15) is 16.6 Å².